The van der Waals surface area contributed by atoms with E-state index in [9.17, 15) is 13.2 Å². The molecule has 0 aromatic heterocycles. The van der Waals surface area contributed by atoms with Crippen molar-refractivity contribution < 1.29 is 22.7 Å². The maximum atomic E-state index is 13.4. The average molecular weight is 560 g/mol. The summed E-state index contributed by atoms with van der Waals surface area (Å²) < 4.78 is 39.5. The van der Waals surface area contributed by atoms with Gasteiger partial charge in [0, 0.05) is 4.47 Å². The van der Waals surface area contributed by atoms with Gasteiger partial charge in [-0.05, 0) is 92.2 Å². The summed E-state index contributed by atoms with van der Waals surface area (Å²) in [6, 6.07) is 19.9. The van der Waals surface area contributed by atoms with Crippen LogP contribution < -0.4 is 19.2 Å². The average Bonchev–Trinajstić information content (AvgIpc) is 2.85. The zero-order valence-electron chi connectivity index (χ0n) is 19.3. The first-order valence-electron chi connectivity index (χ1n) is 10.9. The van der Waals surface area contributed by atoms with Crippen LogP contribution >= 0.6 is 15.9 Å². The largest absolute Gasteiger partial charge is 0.494 e. The minimum atomic E-state index is -4.03. The summed E-state index contributed by atoms with van der Waals surface area (Å²) in [4.78, 5) is 12.7. The fourth-order valence-corrected chi connectivity index (χ4v) is 4.77. The van der Waals surface area contributed by atoms with Crippen molar-refractivity contribution in [2.45, 2.75) is 18.7 Å². The van der Waals surface area contributed by atoms with Gasteiger partial charge < -0.3 is 9.47 Å². The number of hydrogen-bond acceptors (Lipinski definition) is 6. The Morgan fingerprint density at radius 1 is 0.914 bits per heavy atom. The number of nitrogens with zero attached hydrogens (tertiary/aromatic N) is 2. The number of amides is 1. The van der Waals surface area contributed by atoms with Crippen LogP contribution in [0.2, 0.25) is 0 Å². The Labute approximate surface area is 213 Å². The maximum Gasteiger partial charge on any atom is 0.264 e. The number of nitrogens with one attached hydrogen (secondary N) is 1. The van der Waals surface area contributed by atoms with E-state index in [4.69, 9.17) is 9.47 Å². The predicted molar refractivity (Wildman–Crippen MR) is 140 cm³/mol. The van der Waals surface area contributed by atoms with Crippen molar-refractivity contribution >= 4 is 43.8 Å². The van der Waals surface area contributed by atoms with Gasteiger partial charge in [-0.15, -0.1) is 0 Å². The first-order valence-corrected chi connectivity index (χ1v) is 13.1. The molecule has 184 valence electrons. The highest BCUT2D eigenvalue weighted by molar-refractivity contribution is 9.10. The molecule has 0 saturated heterocycles. The molecule has 0 aliphatic heterocycles. The Balaban J connectivity index is 1.79. The van der Waals surface area contributed by atoms with Crippen LogP contribution in [0.1, 0.15) is 19.4 Å². The van der Waals surface area contributed by atoms with Gasteiger partial charge in [-0.2, -0.15) is 5.10 Å². The molecule has 0 atom stereocenters. The van der Waals surface area contributed by atoms with E-state index in [-0.39, 0.29) is 4.90 Å². The number of hydrogen-bond donors (Lipinski definition) is 1. The van der Waals surface area contributed by atoms with E-state index in [1.54, 1.807) is 60.7 Å². The van der Waals surface area contributed by atoms with Crippen molar-refractivity contribution in [3.05, 3.63) is 82.8 Å². The van der Waals surface area contributed by atoms with Gasteiger partial charge in [0.1, 0.15) is 18.0 Å². The van der Waals surface area contributed by atoms with Crippen molar-refractivity contribution in [2.24, 2.45) is 5.10 Å². The van der Waals surface area contributed by atoms with E-state index in [1.165, 1.54) is 18.3 Å². The number of anilines is 1. The Kier molecular flexibility index (Phi) is 9.27. The van der Waals surface area contributed by atoms with Crippen LogP contribution in [0.25, 0.3) is 0 Å². The maximum absolute atomic E-state index is 13.4. The summed E-state index contributed by atoms with van der Waals surface area (Å²) in [7, 11) is -4.03. The molecule has 1 N–H and O–H groups in total. The molecular formula is C25H26BrN3O5S. The van der Waals surface area contributed by atoms with Crippen molar-refractivity contribution in [3.8, 4) is 11.5 Å². The van der Waals surface area contributed by atoms with Gasteiger partial charge in [-0.3, -0.25) is 9.10 Å². The Morgan fingerprint density at radius 3 is 2.00 bits per heavy atom. The smallest absolute Gasteiger partial charge is 0.264 e. The third kappa shape index (κ3) is 7.30. The number of ether oxygens (including phenoxy) is 2. The summed E-state index contributed by atoms with van der Waals surface area (Å²) in [5.74, 6) is 0.737. The number of halogens is 1. The molecule has 0 unspecified atom stereocenters. The lowest BCUT2D eigenvalue weighted by molar-refractivity contribution is -0.119. The predicted octanol–water partition coefficient (Wildman–Crippen LogP) is 4.59. The van der Waals surface area contributed by atoms with E-state index in [0.29, 0.717) is 24.7 Å². The number of carbonyl (C=O) groups is 1. The van der Waals surface area contributed by atoms with Crippen molar-refractivity contribution in [2.75, 3.05) is 24.1 Å². The molecule has 0 aliphatic rings. The number of rotatable bonds is 11. The highest BCUT2D eigenvalue weighted by atomic mass is 79.9. The molecule has 0 saturated carbocycles. The fraction of sp³-hybridized carbons (Fsp3) is 0.200. The second kappa shape index (κ2) is 12.4. The quantitative estimate of drug-likeness (QED) is 0.273. The van der Waals surface area contributed by atoms with Gasteiger partial charge in [0.05, 0.1) is 30.0 Å². The molecule has 0 bridgehead atoms. The topological polar surface area (TPSA) is 97.3 Å². The second-order valence-electron chi connectivity index (χ2n) is 7.19. The first-order chi connectivity index (χ1) is 16.8. The molecule has 0 spiro atoms. The van der Waals surface area contributed by atoms with Gasteiger partial charge in [0.2, 0.25) is 0 Å². The van der Waals surface area contributed by atoms with E-state index in [1.807, 2.05) is 13.8 Å². The van der Waals surface area contributed by atoms with E-state index >= 15 is 0 Å². The molecule has 0 aliphatic carbocycles. The van der Waals surface area contributed by atoms with E-state index in [0.717, 1.165) is 20.1 Å². The molecule has 3 aromatic carbocycles. The Morgan fingerprint density at radius 2 is 1.46 bits per heavy atom. The summed E-state index contributed by atoms with van der Waals surface area (Å²) in [5, 5.41) is 3.96. The van der Waals surface area contributed by atoms with E-state index < -0.39 is 22.5 Å². The highest BCUT2D eigenvalue weighted by Gasteiger charge is 2.27. The van der Waals surface area contributed by atoms with Crippen LogP contribution in [0.4, 0.5) is 5.69 Å². The van der Waals surface area contributed by atoms with Gasteiger partial charge in [-0.1, -0.05) is 15.9 Å². The van der Waals surface area contributed by atoms with Crippen LogP contribution in [0.5, 0.6) is 11.5 Å². The Hall–Kier alpha value is -3.37. The fourth-order valence-electron chi connectivity index (χ4n) is 3.09. The lowest BCUT2D eigenvalue weighted by atomic mass is 10.2. The number of carbonyl (C=O) groups excluding carboxylic acids is 1. The summed E-state index contributed by atoms with van der Waals surface area (Å²) in [5.41, 5.74) is 3.47. The lowest BCUT2D eigenvalue weighted by Gasteiger charge is -2.24. The van der Waals surface area contributed by atoms with Gasteiger partial charge in [0.25, 0.3) is 15.9 Å². The number of sulfonamides is 1. The van der Waals surface area contributed by atoms with Gasteiger partial charge >= 0.3 is 0 Å². The Bertz CT molecular complexity index is 1250. The van der Waals surface area contributed by atoms with Crippen molar-refractivity contribution in [3.63, 3.8) is 0 Å². The molecule has 0 radical (unpaired) electrons. The van der Waals surface area contributed by atoms with Crippen LogP contribution in [0, 0.1) is 0 Å². The SMILES string of the molecule is CCOc1ccc(/C=N\NC(=O)CN(c2ccc(OCC)cc2)S(=O)(=O)c2ccc(Br)cc2)cc1. The first kappa shape index (κ1) is 26.2. The molecule has 35 heavy (non-hydrogen) atoms. The van der Waals surface area contributed by atoms with Crippen LogP contribution in [0.15, 0.2) is 87.3 Å². The highest BCUT2D eigenvalue weighted by Crippen LogP contribution is 2.26. The molecule has 3 aromatic rings. The van der Waals surface area contributed by atoms with Gasteiger partial charge in [0.15, 0.2) is 0 Å². The number of benzene rings is 3. The minimum Gasteiger partial charge on any atom is -0.494 e. The van der Waals surface area contributed by atoms with E-state index in [2.05, 4.69) is 26.5 Å². The standard InChI is InChI=1S/C25H26BrN3O5S/c1-3-33-22-11-5-19(6-12-22)17-27-28-25(30)18-29(21-9-13-23(14-10-21)34-4-2)35(31,32)24-15-7-20(26)8-16-24/h5-17H,3-4,18H2,1-2H3,(H,28,30)/b27-17-. The monoisotopic (exact) mass is 559 g/mol. The van der Waals surface area contributed by atoms with Gasteiger partial charge in [-0.25, -0.2) is 13.8 Å². The summed E-state index contributed by atoms with van der Waals surface area (Å²) in [6.45, 7) is 4.34. The minimum absolute atomic E-state index is 0.0558. The van der Waals surface area contributed by atoms with Crippen molar-refractivity contribution in [1.29, 1.82) is 0 Å². The summed E-state index contributed by atoms with van der Waals surface area (Å²) >= 11 is 3.31. The molecule has 0 heterocycles. The van der Waals surface area contributed by atoms with Crippen molar-refractivity contribution in [1.82, 2.24) is 5.43 Å². The third-order valence-electron chi connectivity index (χ3n) is 4.72. The molecule has 0 fully saturated rings. The molecule has 8 nitrogen and oxygen atoms in total. The number of hydrazone groups is 1. The molecular weight excluding hydrogens is 534 g/mol. The van der Waals surface area contributed by atoms with Crippen LogP contribution in [0.3, 0.4) is 0 Å². The van der Waals surface area contributed by atoms with Crippen LogP contribution in [-0.4, -0.2) is 40.3 Å². The molecule has 1 amide bonds. The molecule has 3 rings (SSSR count). The van der Waals surface area contributed by atoms with Crippen LogP contribution in [-0.2, 0) is 14.8 Å². The summed E-state index contributed by atoms with van der Waals surface area (Å²) in [6.07, 6.45) is 1.47. The third-order valence-corrected chi connectivity index (χ3v) is 7.04. The lowest BCUT2D eigenvalue weighted by Crippen LogP contribution is -2.39. The molecule has 10 heteroatoms. The zero-order chi connectivity index (χ0) is 25.3. The second-order valence-corrected chi connectivity index (χ2v) is 9.97. The zero-order valence-corrected chi connectivity index (χ0v) is 21.8. The normalized spacial score (nSPS) is 11.3.